The number of hydrogen-bond donors (Lipinski definition) is 2. The number of hydrazine groups is 1. The molecular formula is C52H66F3N9O9. The van der Waals surface area contributed by atoms with Gasteiger partial charge in [0.05, 0.1) is 49.3 Å². The van der Waals surface area contributed by atoms with Crippen LogP contribution in [0.25, 0.3) is 33.4 Å². The Morgan fingerprint density at radius 2 is 1.84 bits per heavy atom. The summed E-state index contributed by atoms with van der Waals surface area (Å²) in [6.07, 6.45) is 0.706. The second kappa shape index (κ2) is 21.3. The predicted octanol–water partition coefficient (Wildman–Crippen LogP) is 6.23. The first-order valence-corrected chi connectivity index (χ1v) is 24.9. The summed E-state index contributed by atoms with van der Waals surface area (Å²) in [7, 11) is 3.05. The summed E-state index contributed by atoms with van der Waals surface area (Å²) in [6.45, 7) is 13.4. The molecule has 0 radical (unpaired) electrons. The van der Waals surface area contributed by atoms with E-state index in [4.69, 9.17) is 23.6 Å². The Labute approximate surface area is 422 Å². The third-order valence-electron chi connectivity index (χ3n) is 14.5. The van der Waals surface area contributed by atoms with Crippen molar-refractivity contribution in [2.24, 2.45) is 11.3 Å². The zero-order chi connectivity index (χ0) is 52.6. The molecule has 3 fully saturated rings. The van der Waals surface area contributed by atoms with Gasteiger partial charge in [-0.1, -0.05) is 40.3 Å². The van der Waals surface area contributed by atoms with Gasteiger partial charge >= 0.3 is 18.2 Å². The normalized spacial score (nSPS) is 21.4. The number of methoxy groups -OCH3 is 1. The van der Waals surface area contributed by atoms with Crippen molar-refractivity contribution in [2.45, 2.75) is 116 Å². The minimum Gasteiger partial charge on any atom is -0.464 e. The molecule has 21 heteroatoms. The fourth-order valence-electron chi connectivity index (χ4n) is 10.7. The maximum absolute atomic E-state index is 14.7. The maximum atomic E-state index is 14.7. The minimum absolute atomic E-state index is 0.0686. The van der Waals surface area contributed by atoms with Gasteiger partial charge in [-0.05, 0) is 80.9 Å². The van der Waals surface area contributed by atoms with Crippen molar-refractivity contribution >= 4 is 40.6 Å². The maximum Gasteiger partial charge on any atom is 0.406 e. The number of halogens is 3. The number of carbonyl (C=O) groups is 5. The van der Waals surface area contributed by atoms with Crippen molar-refractivity contribution in [3.8, 4) is 22.5 Å². The van der Waals surface area contributed by atoms with Crippen molar-refractivity contribution in [1.82, 2.24) is 45.0 Å². The van der Waals surface area contributed by atoms with E-state index in [0.29, 0.717) is 103 Å². The van der Waals surface area contributed by atoms with Gasteiger partial charge in [0.15, 0.2) is 5.89 Å². The first kappa shape index (κ1) is 53.0. The lowest BCUT2D eigenvalue weighted by Crippen LogP contribution is -2.63. The number of urea groups is 1. The number of piperidine rings is 1. The molecule has 5 amide bonds. The Morgan fingerprint density at radius 3 is 2.53 bits per heavy atom. The first-order valence-electron chi connectivity index (χ1n) is 24.9. The summed E-state index contributed by atoms with van der Waals surface area (Å²) >= 11 is 0. The molecule has 18 nitrogen and oxygen atoms in total. The van der Waals surface area contributed by atoms with Gasteiger partial charge < -0.3 is 43.2 Å². The van der Waals surface area contributed by atoms with Crippen LogP contribution in [-0.2, 0) is 52.8 Å². The zero-order valence-corrected chi connectivity index (χ0v) is 42.6. The highest BCUT2D eigenvalue weighted by Crippen LogP contribution is 2.43. The van der Waals surface area contributed by atoms with E-state index in [2.05, 4.69) is 22.3 Å². The largest absolute Gasteiger partial charge is 0.464 e. The Bertz CT molecular complexity index is 2730. The van der Waals surface area contributed by atoms with Crippen LogP contribution in [0.5, 0.6) is 0 Å². The molecule has 1 aromatic carbocycles. The average Bonchev–Trinajstić information content (AvgIpc) is 3.95. The number of benzene rings is 1. The molecule has 4 atom stereocenters. The van der Waals surface area contributed by atoms with Crippen LogP contribution in [0.1, 0.15) is 83.6 Å². The van der Waals surface area contributed by atoms with Crippen LogP contribution in [0.3, 0.4) is 0 Å². The van der Waals surface area contributed by atoms with Crippen LogP contribution in [0.4, 0.5) is 18.0 Å². The number of morpholine rings is 1. The van der Waals surface area contributed by atoms with Gasteiger partial charge in [-0.15, -0.1) is 0 Å². The molecule has 8 rings (SSSR count). The van der Waals surface area contributed by atoms with Gasteiger partial charge in [-0.2, -0.15) is 13.2 Å². The molecule has 73 heavy (non-hydrogen) atoms. The number of fused-ring (bicyclic) bond motifs is 6. The fourth-order valence-corrected chi connectivity index (χ4v) is 10.7. The third-order valence-corrected chi connectivity index (χ3v) is 14.5. The highest BCUT2D eigenvalue weighted by molar-refractivity contribution is 5.95. The van der Waals surface area contributed by atoms with Gasteiger partial charge in [0.2, 0.25) is 11.8 Å². The number of rotatable bonds is 9. The molecular weight excluding hydrogens is 952 g/mol. The summed E-state index contributed by atoms with van der Waals surface area (Å²) in [5.41, 5.74) is 4.50. The van der Waals surface area contributed by atoms with Crippen molar-refractivity contribution in [2.75, 3.05) is 60.1 Å². The van der Waals surface area contributed by atoms with Crippen molar-refractivity contribution < 1.29 is 55.8 Å². The number of nitrogens with one attached hydrogen (secondary N) is 2. The number of pyridine rings is 1. The van der Waals surface area contributed by atoms with E-state index in [9.17, 15) is 37.1 Å². The average molecular weight is 1020 g/mol. The van der Waals surface area contributed by atoms with Crippen molar-refractivity contribution in [3.63, 3.8) is 0 Å². The summed E-state index contributed by atoms with van der Waals surface area (Å²) in [4.78, 5) is 83.9. The van der Waals surface area contributed by atoms with Gasteiger partial charge in [0, 0.05) is 74.0 Å². The number of aromatic nitrogens is 3. The molecule has 6 bridgehead atoms. The molecule has 2 N–H and O–H groups in total. The SMILES string of the molecule is C=CC(=O)N1CCOC2(CCN(C(=O)N(C)[C@H](C(=O)N[C@H]3Cc4nc(co4)-c4ccc5c(c4)c(c(-c4cccnc4[C@H](C)OC)n5CC(F)(F)F)CC(C)(C)COC(=O)[C@@H]4CCCN(N4)C3=O)C(C)C)CC2)C1. The summed E-state index contributed by atoms with van der Waals surface area (Å²) < 4.78 is 69.1. The number of ether oxygens (including phenoxy) is 3. The van der Waals surface area contributed by atoms with E-state index in [1.807, 2.05) is 13.8 Å². The fraction of sp³-hybridized carbons (Fsp3) is 0.558. The third kappa shape index (κ3) is 11.4. The Balaban J connectivity index is 1.13. The smallest absolute Gasteiger partial charge is 0.406 e. The van der Waals surface area contributed by atoms with Crippen LogP contribution >= 0.6 is 0 Å². The number of esters is 1. The Kier molecular flexibility index (Phi) is 15.4. The molecule has 1 spiro atoms. The Hall–Kier alpha value is -6.32. The van der Waals surface area contributed by atoms with Gasteiger partial charge in [0.25, 0.3) is 5.91 Å². The molecule has 394 valence electrons. The number of likely N-dealkylation sites (tertiary alicyclic amines) is 1. The number of hydrogen-bond acceptors (Lipinski definition) is 12. The number of oxazole rings is 1. The number of cyclic esters (lactones) is 1. The van der Waals surface area contributed by atoms with Crippen molar-refractivity contribution in [3.05, 3.63) is 72.6 Å². The van der Waals surface area contributed by atoms with E-state index in [0.717, 1.165) is 0 Å². The monoisotopic (exact) mass is 1020 g/mol. The molecule has 0 saturated carbocycles. The van der Waals surface area contributed by atoms with E-state index in [-0.39, 0.29) is 43.8 Å². The standard InChI is InChI=1S/C52H66F3N9O9/c1-9-42(65)62-22-23-73-51(28-62)16-20-61(21-17-51)49(69)60(7)44(31(2)3)46(66)58-38-25-41-57-39(27-71-41)33-14-15-40-35(24-33)36(26-50(5,6)30-72-48(68)37-13-11-19-64(59-37)47(38)67)45(63(40)29-52(53,54)55)34-12-10-18-56-43(34)32(4)70-8/h9-10,12,14-15,18,24,27,31-32,37-38,44,59H,1,11,13,16-17,19-23,25-26,28-30H2,2-8H3,(H,58,66)/t32-,37-,38-,44-/m0/s1. The van der Waals surface area contributed by atoms with E-state index < -0.39 is 71.7 Å². The quantitative estimate of drug-likeness (QED) is 0.142. The molecule has 4 aromatic rings. The van der Waals surface area contributed by atoms with Gasteiger partial charge in [0.1, 0.15) is 36.6 Å². The summed E-state index contributed by atoms with van der Waals surface area (Å²) in [5, 5.41) is 4.70. The molecule has 7 heterocycles. The lowest BCUT2D eigenvalue weighted by Gasteiger charge is -2.47. The first-order chi connectivity index (χ1) is 34.6. The van der Waals surface area contributed by atoms with Crippen LogP contribution < -0.4 is 10.7 Å². The minimum atomic E-state index is -4.62. The lowest BCUT2D eigenvalue weighted by atomic mass is 9.84. The number of carbonyl (C=O) groups excluding carboxylic acids is 5. The second-order valence-electron chi connectivity index (χ2n) is 20.8. The number of likely N-dealkylation sites (N-methyl/N-ethyl adjacent to an activating group) is 1. The molecule has 3 aromatic heterocycles. The van der Waals surface area contributed by atoms with E-state index in [1.54, 1.807) is 74.1 Å². The summed E-state index contributed by atoms with van der Waals surface area (Å²) in [6, 6.07) is 4.75. The highest BCUT2D eigenvalue weighted by atomic mass is 19.4. The summed E-state index contributed by atoms with van der Waals surface area (Å²) in [5.74, 6) is -2.34. The molecule has 0 unspecified atom stereocenters. The van der Waals surface area contributed by atoms with Gasteiger partial charge in [-0.25, -0.2) is 15.2 Å². The van der Waals surface area contributed by atoms with Gasteiger partial charge in [-0.3, -0.25) is 29.2 Å². The number of nitrogens with zero attached hydrogens (tertiary/aromatic N) is 7. The van der Waals surface area contributed by atoms with Crippen LogP contribution in [0.2, 0.25) is 0 Å². The second-order valence-corrected chi connectivity index (χ2v) is 20.8. The molecule has 4 aliphatic rings. The highest BCUT2D eigenvalue weighted by Gasteiger charge is 2.44. The Morgan fingerprint density at radius 1 is 1.08 bits per heavy atom. The van der Waals surface area contributed by atoms with E-state index >= 15 is 0 Å². The van der Waals surface area contributed by atoms with Crippen LogP contribution in [-0.4, -0.2) is 154 Å². The number of amides is 5. The molecule has 4 aliphatic heterocycles. The number of alkyl halides is 3. The van der Waals surface area contributed by atoms with Crippen LogP contribution in [0, 0.1) is 11.3 Å². The zero-order valence-electron chi connectivity index (χ0n) is 42.6. The van der Waals surface area contributed by atoms with E-state index in [1.165, 1.54) is 33.9 Å². The topological polar surface area (TPSA) is 194 Å². The predicted molar refractivity (Wildman–Crippen MR) is 262 cm³/mol. The molecule has 0 aliphatic carbocycles. The van der Waals surface area contributed by atoms with Crippen LogP contribution in [0.15, 0.2) is 59.9 Å². The molecule has 3 saturated heterocycles. The van der Waals surface area contributed by atoms with Crippen molar-refractivity contribution in [1.29, 1.82) is 0 Å². The lowest BCUT2D eigenvalue weighted by molar-refractivity contribution is -0.156.